The van der Waals surface area contributed by atoms with Crippen LogP contribution >= 0.6 is 0 Å². The Morgan fingerprint density at radius 3 is 2.41 bits per heavy atom. The van der Waals surface area contributed by atoms with Gasteiger partial charge in [-0.25, -0.2) is 0 Å². The van der Waals surface area contributed by atoms with Gasteiger partial charge in [0.05, 0.1) is 0 Å². The minimum absolute atomic E-state index is 0.135. The van der Waals surface area contributed by atoms with E-state index in [2.05, 4.69) is 63.2 Å². The van der Waals surface area contributed by atoms with Crippen LogP contribution in [0.15, 0.2) is 42.5 Å². The van der Waals surface area contributed by atoms with Crippen molar-refractivity contribution in [3.8, 4) is 0 Å². The van der Waals surface area contributed by atoms with Gasteiger partial charge in [-0.05, 0) is 35.6 Å². The number of fused-ring (bicyclic) bond motifs is 2. The lowest BCUT2D eigenvalue weighted by Crippen LogP contribution is -2.27. The Balaban J connectivity index is 2.27. The molecule has 1 aliphatic carbocycles. The monoisotopic (exact) mass is 222 g/mol. The largest absolute Gasteiger partial charge is 0.0620 e. The van der Waals surface area contributed by atoms with Gasteiger partial charge in [0, 0.05) is 5.41 Å². The van der Waals surface area contributed by atoms with E-state index in [0.717, 1.165) is 6.42 Å². The van der Waals surface area contributed by atoms with Crippen molar-refractivity contribution in [2.45, 2.75) is 32.6 Å². The van der Waals surface area contributed by atoms with Gasteiger partial charge in [0.25, 0.3) is 0 Å². The summed E-state index contributed by atoms with van der Waals surface area (Å²) in [5, 5.41) is 0. The quantitative estimate of drug-likeness (QED) is 0.626. The van der Waals surface area contributed by atoms with E-state index in [1.807, 2.05) is 0 Å². The summed E-state index contributed by atoms with van der Waals surface area (Å²) in [5.74, 6) is 0. The van der Waals surface area contributed by atoms with Gasteiger partial charge in [-0.1, -0.05) is 61.9 Å². The van der Waals surface area contributed by atoms with Crippen LogP contribution in [0.4, 0.5) is 0 Å². The summed E-state index contributed by atoms with van der Waals surface area (Å²) in [4.78, 5) is 0. The highest BCUT2D eigenvalue weighted by molar-refractivity contribution is 5.53. The van der Waals surface area contributed by atoms with Crippen molar-refractivity contribution in [1.82, 2.24) is 0 Å². The van der Waals surface area contributed by atoms with Crippen LogP contribution in [0.2, 0.25) is 0 Å². The van der Waals surface area contributed by atoms with Crippen LogP contribution in [-0.2, 0) is 11.8 Å². The first-order valence-electron chi connectivity index (χ1n) is 6.27. The first kappa shape index (κ1) is 10.6. The molecule has 2 aromatic carbocycles. The molecule has 0 bridgehead atoms. The van der Waals surface area contributed by atoms with Crippen molar-refractivity contribution in [3.05, 3.63) is 70.3 Å². The van der Waals surface area contributed by atoms with E-state index in [-0.39, 0.29) is 5.41 Å². The summed E-state index contributed by atoms with van der Waals surface area (Å²) in [5.41, 5.74) is 7.44. The second-order valence-electron chi connectivity index (χ2n) is 5.62. The standard InChI is InChI=1S/C17H18/c1-12-8-9-14-11-13-6-4-5-7-15(13)17(2,3)16(14)10-12/h4-10H,11H2,1-3H3. The van der Waals surface area contributed by atoms with E-state index in [1.165, 1.54) is 27.8 Å². The molecule has 0 aromatic heterocycles. The summed E-state index contributed by atoms with van der Waals surface area (Å²) in [6.07, 6.45) is 1.08. The highest BCUT2D eigenvalue weighted by atomic mass is 14.3. The predicted molar refractivity (Wildman–Crippen MR) is 72.6 cm³/mol. The Bertz CT molecular complexity index is 576. The Morgan fingerprint density at radius 2 is 1.59 bits per heavy atom. The van der Waals surface area contributed by atoms with Gasteiger partial charge in [0.2, 0.25) is 0 Å². The SMILES string of the molecule is Cc1ccc2c(c1)C(C)(C)c1ccccc1C2. The number of hydrogen-bond donors (Lipinski definition) is 0. The van der Waals surface area contributed by atoms with E-state index in [0.29, 0.717) is 0 Å². The van der Waals surface area contributed by atoms with Crippen LogP contribution in [0, 0.1) is 6.92 Å². The molecule has 1 aliphatic rings. The molecule has 0 saturated carbocycles. The molecule has 0 nitrogen and oxygen atoms in total. The number of hydrogen-bond acceptors (Lipinski definition) is 0. The van der Waals surface area contributed by atoms with Gasteiger partial charge in [-0.2, -0.15) is 0 Å². The molecule has 2 aromatic rings. The Morgan fingerprint density at radius 1 is 0.882 bits per heavy atom. The first-order chi connectivity index (χ1) is 8.09. The molecule has 0 aliphatic heterocycles. The summed E-state index contributed by atoms with van der Waals surface area (Å²) < 4.78 is 0. The number of aryl methyl sites for hydroxylation is 1. The maximum Gasteiger partial charge on any atom is 0.0152 e. The molecule has 0 saturated heterocycles. The van der Waals surface area contributed by atoms with Crippen molar-refractivity contribution in [2.24, 2.45) is 0 Å². The fourth-order valence-corrected chi connectivity index (χ4v) is 3.06. The normalized spacial score (nSPS) is 16.2. The molecule has 17 heavy (non-hydrogen) atoms. The molecule has 0 unspecified atom stereocenters. The molecule has 0 N–H and O–H groups in total. The number of benzene rings is 2. The fourth-order valence-electron chi connectivity index (χ4n) is 3.06. The van der Waals surface area contributed by atoms with Crippen LogP contribution in [0.25, 0.3) is 0 Å². The zero-order chi connectivity index (χ0) is 12.0. The van der Waals surface area contributed by atoms with Crippen molar-refractivity contribution < 1.29 is 0 Å². The van der Waals surface area contributed by atoms with Crippen molar-refractivity contribution >= 4 is 0 Å². The van der Waals surface area contributed by atoms with Crippen molar-refractivity contribution in [3.63, 3.8) is 0 Å². The van der Waals surface area contributed by atoms with E-state index in [1.54, 1.807) is 0 Å². The maximum atomic E-state index is 2.35. The highest BCUT2D eigenvalue weighted by Gasteiger charge is 2.31. The van der Waals surface area contributed by atoms with Crippen molar-refractivity contribution in [2.75, 3.05) is 0 Å². The van der Waals surface area contributed by atoms with E-state index in [4.69, 9.17) is 0 Å². The fraction of sp³-hybridized carbons (Fsp3) is 0.294. The lowest BCUT2D eigenvalue weighted by atomic mass is 9.69. The van der Waals surface area contributed by atoms with E-state index < -0.39 is 0 Å². The van der Waals surface area contributed by atoms with Crippen LogP contribution in [0.1, 0.15) is 41.7 Å². The average molecular weight is 222 g/mol. The molecule has 0 spiro atoms. The van der Waals surface area contributed by atoms with Crippen LogP contribution in [-0.4, -0.2) is 0 Å². The summed E-state index contributed by atoms with van der Waals surface area (Å²) >= 11 is 0. The Kier molecular flexibility index (Phi) is 2.16. The zero-order valence-corrected chi connectivity index (χ0v) is 10.7. The Hall–Kier alpha value is -1.56. The van der Waals surface area contributed by atoms with Gasteiger partial charge in [-0.3, -0.25) is 0 Å². The van der Waals surface area contributed by atoms with Crippen LogP contribution < -0.4 is 0 Å². The molecule has 0 atom stereocenters. The van der Waals surface area contributed by atoms with Crippen molar-refractivity contribution in [1.29, 1.82) is 0 Å². The average Bonchev–Trinajstić information content (AvgIpc) is 2.31. The van der Waals surface area contributed by atoms with Gasteiger partial charge >= 0.3 is 0 Å². The molecular weight excluding hydrogens is 204 g/mol. The van der Waals surface area contributed by atoms with Gasteiger partial charge in [0.1, 0.15) is 0 Å². The Labute approximate surface area is 103 Å². The molecule has 0 radical (unpaired) electrons. The molecule has 0 heterocycles. The third-order valence-electron chi connectivity index (χ3n) is 4.01. The topological polar surface area (TPSA) is 0 Å². The second-order valence-corrected chi connectivity index (χ2v) is 5.62. The third kappa shape index (κ3) is 1.51. The van der Waals surface area contributed by atoms with Gasteiger partial charge in [0.15, 0.2) is 0 Å². The molecular formula is C17H18. The van der Waals surface area contributed by atoms with Gasteiger partial charge < -0.3 is 0 Å². The lowest BCUT2D eigenvalue weighted by Gasteiger charge is -2.35. The molecule has 86 valence electrons. The summed E-state index contributed by atoms with van der Waals surface area (Å²) in [6.45, 7) is 6.85. The molecule has 0 fully saturated rings. The maximum absolute atomic E-state index is 2.35. The minimum atomic E-state index is 0.135. The van der Waals surface area contributed by atoms with Gasteiger partial charge in [-0.15, -0.1) is 0 Å². The molecule has 3 rings (SSSR count). The number of rotatable bonds is 0. The molecule has 0 heteroatoms. The van der Waals surface area contributed by atoms with Crippen LogP contribution in [0.5, 0.6) is 0 Å². The lowest BCUT2D eigenvalue weighted by molar-refractivity contribution is 0.610. The zero-order valence-electron chi connectivity index (χ0n) is 10.7. The minimum Gasteiger partial charge on any atom is -0.0620 e. The van der Waals surface area contributed by atoms with Crippen LogP contribution in [0.3, 0.4) is 0 Å². The molecule has 0 amide bonds. The summed E-state index contributed by atoms with van der Waals surface area (Å²) in [7, 11) is 0. The van der Waals surface area contributed by atoms with E-state index >= 15 is 0 Å². The predicted octanol–water partition coefficient (Wildman–Crippen LogP) is 4.23. The first-order valence-corrected chi connectivity index (χ1v) is 6.27. The van der Waals surface area contributed by atoms with E-state index in [9.17, 15) is 0 Å². The highest BCUT2D eigenvalue weighted by Crippen LogP contribution is 2.41. The second kappa shape index (κ2) is 3.46. The smallest absolute Gasteiger partial charge is 0.0152 e. The summed E-state index contributed by atoms with van der Waals surface area (Å²) in [6, 6.07) is 15.7. The third-order valence-corrected chi connectivity index (χ3v) is 4.01.